The quantitative estimate of drug-likeness (QED) is 0.771. The summed E-state index contributed by atoms with van der Waals surface area (Å²) >= 11 is 1.61. The Hall–Kier alpha value is -2.01. The molecule has 0 fully saturated rings. The van der Waals surface area contributed by atoms with Crippen LogP contribution in [-0.2, 0) is 0 Å². The maximum atomic E-state index is 12.1. The number of pyridine rings is 1. The lowest BCUT2D eigenvalue weighted by molar-refractivity contribution is 0.102. The van der Waals surface area contributed by atoms with E-state index < -0.39 is 0 Å². The summed E-state index contributed by atoms with van der Waals surface area (Å²) in [4.78, 5) is 17.4. The Morgan fingerprint density at radius 3 is 2.89 bits per heavy atom. The number of aromatic nitrogens is 1. The molecule has 0 saturated heterocycles. The maximum absolute atomic E-state index is 12.1. The van der Waals surface area contributed by atoms with Gasteiger partial charge in [0.25, 0.3) is 5.91 Å². The van der Waals surface area contributed by atoms with Crippen LogP contribution < -0.4 is 10.6 Å². The van der Waals surface area contributed by atoms with Crippen molar-refractivity contribution < 1.29 is 4.79 Å². The lowest BCUT2D eigenvalue weighted by atomic mass is 10.1. The fourth-order valence-corrected chi connectivity index (χ4v) is 2.31. The van der Waals surface area contributed by atoms with Crippen LogP contribution in [0.1, 0.15) is 10.4 Å². The van der Waals surface area contributed by atoms with Crippen LogP contribution in [0.5, 0.6) is 0 Å². The fraction of sp³-hybridized carbons (Fsp3) is 0.0769. The first-order valence-electron chi connectivity index (χ1n) is 5.49. The zero-order chi connectivity index (χ0) is 12.5. The molecule has 3 rings (SSSR count). The standard InChI is InChI=1S/C13H11N3OS/c1-18-8-4-5-10-9(7-8)13(17)16-11-3-2-6-14-12(11)15-10/h2-7H,1H3,(H,14,15)(H,16,17). The number of hydrogen-bond acceptors (Lipinski definition) is 4. The summed E-state index contributed by atoms with van der Waals surface area (Å²) < 4.78 is 0. The van der Waals surface area contributed by atoms with Crippen LogP contribution in [0.4, 0.5) is 17.2 Å². The van der Waals surface area contributed by atoms with Gasteiger partial charge >= 0.3 is 0 Å². The number of anilines is 3. The van der Waals surface area contributed by atoms with Crippen molar-refractivity contribution >= 4 is 34.9 Å². The largest absolute Gasteiger partial charge is 0.338 e. The number of thioether (sulfide) groups is 1. The van der Waals surface area contributed by atoms with Crippen molar-refractivity contribution in [3.63, 3.8) is 0 Å². The van der Waals surface area contributed by atoms with Crippen LogP contribution in [0.15, 0.2) is 41.4 Å². The van der Waals surface area contributed by atoms with E-state index in [9.17, 15) is 4.79 Å². The minimum atomic E-state index is -0.111. The highest BCUT2D eigenvalue weighted by Crippen LogP contribution is 2.31. The Morgan fingerprint density at radius 2 is 2.06 bits per heavy atom. The minimum absolute atomic E-state index is 0.111. The van der Waals surface area contributed by atoms with Gasteiger partial charge in [-0.1, -0.05) is 0 Å². The van der Waals surface area contributed by atoms with Gasteiger partial charge in [-0.15, -0.1) is 11.8 Å². The van der Waals surface area contributed by atoms with E-state index >= 15 is 0 Å². The minimum Gasteiger partial charge on any atom is -0.338 e. The van der Waals surface area contributed by atoms with Crippen molar-refractivity contribution in [1.82, 2.24) is 4.98 Å². The second-order valence-electron chi connectivity index (χ2n) is 3.89. The third-order valence-corrected chi connectivity index (χ3v) is 3.51. The van der Waals surface area contributed by atoms with Crippen molar-refractivity contribution in [2.24, 2.45) is 0 Å². The summed E-state index contributed by atoms with van der Waals surface area (Å²) in [5.41, 5.74) is 2.12. The van der Waals surface area contributed by atoms with Gasteiger partial charge in [-0.05, 0) is 36.6 Å². The second-order valence-corrected chi connectivity index (χ2v) is 4.77. The first-order chi connectivity index (χ1) is 8.78. The summed E-state index contributed by atoms with van der Waals surface area (Å²) in [6.45, 7) is 0. The number of carbonyl (C=O) groups is 1. The Bertz CT molecular complexity index is 627. The third kappa shape index (κ3) is 1.82. The van der Waals surface area contributed by atoms with Crippen LogP contribution in [0.2, 0.25) is 0 Å². The summed E-state index contributed by atoms with van der Waals surface area (Å²) in [6.07, 6.45) is 3.68. The first kappa shape index (κ1) is 11.1. The smallest absolute Gasteiger partial charge is 0.257 e. The van der Waals surface area contributed by atoms with E-state index in [4.69, 9.17) is 0 Å². The molecule has 0 bridgehead atoms. The van der Waals surface area contributed by atoms with Crippen LogP contribution in [0.25, 0.3) is 0 Å². The molecule has 4 nitrogen and oxygen atoms in total. The third-order valence-electron chi connectivity index (χ3n) is 2.78. The molecule has 0 spiro atoms. The van der Waals surface area contributed by atoms with Gasteiger partial charge in [0, 0.05) is 11.1 Å². The number of amides is 1. The van der Waals surface area contributed by atoms with Crippen LogP contribution >= 0.6 is 11.8 Å². The molecule has 0 unspecified atom stereocenters. The van der Waals surface area contributed by atoms with E-state index in [1.165, 1.54) is 0 Å². The summed E-state index contributed by atoms with van der Waals surface area (Å²) in [5, 5.41) is 6.04. The van der Waals surface area contributed by atoms with Gasteiger partial charge in [0.05, 0.1) is 16.9 Å². The maximum Gasteiger partial charge on any atom is 0.257 e. The van der Waals surface area contributed by atoms with E-state index in [1.54, 1.807) is 24.0 Å². The summed E-state index contributed by atoms with van der Waals surface area (Å²) in [5.74, 6) is 0.557. The molecule has 0 aliphatic carbocycles. The molecule has 1 amide bonds. The van der Waals surface area contributed by atoms with E-state index in [-0.39, 0.29) is 5.91 Å². The molecular formula is C13H11N3OS. The molecule has 0 saturated carbocycles. The Morgan fingerprint density at radius 1 is 1.17 bits per heavy atom. The molecular weight excluding hydrogens is 246 g/mol. The summed E-state index contributed by atoms with van der Waals surface area (Å²) in [7, 11) is 0. The SMILES string of the molecule is CSc1ccc2c(c1)C(=O)Nc1cccnc1N2. The number of fused-ring (bicyclic) bond motifs is 2. The topological polar surface area (TPSA) is 54.0 Å². The lowest BCUT2D eigenvalue weighted by Gasteiger charge is -2.07. The second kappa shape index (κ2) is 4.34. The van der Waals surface area contributed by atoms with Gasteiger partial charge in [0.2, 0.25) is 0 Å². The van der Waals surface area contributed by atoms with Crippen molar-refractivity contribution in [2.45, 2.75) is 4.90 Å². The van der Waals surface area contributed by atoms with E-state index in [0.717, 1.165) is 10.6 Å². The lowest BCUT2D eigenvalue weighted by Crippen LogP contribution is -2.10. The van der Waals surface area contributed by atoms with Crippen molar-refractivity contribution in [1.29, 1.82) is 0 Å². The van der Waals surface area contributed by atoms with Crippen LogP contribution in [-0.4, -0.2) is 17.1 Å². The predicted octanol–water partition coefficient (Wildman–Crippen LogP) is 3.11. The zero-order valence-electron chi connectivity index (χ0n) is 9.73. The molecule has 1 aromatic heterocycles. The molecule has 2 heterocycles. The van der Waals surface area contributed by atoms with E-state index in [2.05, 4.69) is 15.6 Å². The molecule has 5 heteroatoms. The predicted molar refractivity (Wildman–Crippen MR) is 73.7 cm³/mol. The van der Waals surface area contributed by atoms with E-state index in [1.807, 2.05) is 30.5 Å². The Balaban J connectivity index is 2.13. The van der Waals surface area contributed by atoms with E-state index in [0.29, 0.717) is 17.1 Å². The van der Waals surface area contributed by atoms with Crippen molar-refractivity contribution in [2.75, 3.05) is 16.9 Å². The number of nitrogens with one attached hydrogen (secondary N) is 2. The number of rotatable bonds is 1. The molecule has 1 aromatic carbocycles. The van der Waals surface area contributed by atoms with Gasteiger partial charge in [0.15, 0.2) is 5.82 Å². The van der Waals surface area contributed by atoms with Gasteiger partial charge in [0.1, 0.15) is 0 Å². The number of carbonyl (C=O) groups excluding carboxylic acids is 1. The molecule has 2 aromatic rings. The fourth-order valence-electron chi connectivity index (χ4n) is 1.87. The number of benzene rings is 1. The molecule has 1 aliphatic heterocycles. The normalized spacial score (nSPS) is 12.8. The number of hydrogen-bond donors (Lipinski definition) is 2. The van der Waals surface area contributed by atoms with Crippen LogP contribution in [0.3, 0.4) is 0 Å². The molecule has 2 N–H and O–H groups in total. The molecule has 90 valence electrons. The Kier molecular flexibility index (Phi) is 2.68. The van der Waals surface area contributed by atoms with Crippen molar-refractivity contribution in [3.8, 4) is 0 Å². The Labute approximate surface area is 109 Å². The van der Waals surface area contributed by atoms with Crippen molar-refractivity contribution in [3.05, 3.63) is 42.1 Å². The monoisotopic (exact) mass is 257 g/mol. The first-order valence-corrected chi connectivity index (χ1v) is 6.72. The highest BCUT2D eigenvalue weighted by molar-refractivity contribution is 7.98. The average Bonchev–Trinajstić information content (AvgIpc) is 2.54. The average molecular weight is 257 g/mol. The van der Waals surface area contributed by atoms with Crippen LogP contribution in [0, 0.1) is 0 Å². The van der Waals surface area contributed by atoms with Gasteiger partial charge < -0.3 is 10.6 Å². The highest BCUT2D eigenvalue weighted by Gasteiger charge is 2.19. The molecule has 0 radical (unpaired) electrons. The van der Waals surface area contributed by atoms with Gasteiger partial charge in [-0.2, -0.15) is 0 Å². The highest BCUT2D eigenvalue weighted by atomic mass is 32.2. The van der Waals surface area contributed by atoms with Gasteiger partial charge in [-0.3, -0.25) is 4.79 Å². The molecule has 18 heavy (non-hydrogen) atoms. The molecule has 1 aliphatic rings. The summed E-state index contributed by atoms with van der Waals surface area (Å²) in [6, 6.07) is 9.40. The molecule has 0 atom stereocenters. The number of nitrogens with zero attached hydrogens (tertiary/aromatic N) is 1. The zero-order valence-corrected chi connectivity index (χ0v) is 10.5. The van der Waals surface area contributed by atoms with Gasteiger partial charge in [-0.25, -0.2) is 4.98 Å².